The fourth-order valence-corrected chi connectivity index (χ4v) is 3.51. The van der Waals surface area contributed by atoms with Gasteiger partial charge in [-0.2, -0.15) is 0 Å². The van der Waals surface area contributed by atoms with Crippen LogP contribution in [0.15, 0.2) is 46.9 Å². The Kier molecular flexibility index (Phi) is 9.95. The van der Waals surface area contributed by atoms with Gasteiger partial charge in [0, 0.05) is 33.2 Å². The molecular formula is C22H25BrCl2N2O3. The van der Waals surface area contributed by atoms with E-state index in [9.17, 15) is 9.59 Å². The third-order valence-corrected chi connectivity index (χ3v) is 5.80. The zero-order valence-electron chi connectivity index (χ0n) is 17.0. The molecule has 0 aliphatic rings. The highest BCUT2D eigenvalue weighted by molar-refractivity contribution is 9.10. The fourth-order valence-electron chi connectivity index (χ4n) is 2.73. The number of ether oxygens (including phenoxy) is 1. The van der Waals surface area contributed by atoms with Crippen molar-refractivity contribution in [1.82, 2.24) is 10.2 Å². The first-order valence-corrected chi connectivity index (χ1v) is 11.3. The molecule has 1 atom stereocenters. The summed E-state index contributed by atoms with van der Waals surface area (Å²) in [5, 5.41) is 3.74. The Hall–Kier alpha value is -1.76. The number of benzene rings is 2. The van der Waals surface area contributed by atoms with E-state index in [1.807, 2.05) is 19.1 Å². The van der Waals surface area contributed by atoms with Gasteiger partial charge < -0.3 is 15.0 Å². The minimum absolute atomic E-state index is 0.101. The van der Waals surface area contributed by atoms with E-state index in [1.54, 1.807) is 37.3 Å². The van der Waals surface area contributed by atoms with Crippen LogP contribution in [0, 0.1) is 0 Å². The molecule has 0 aliphatic heterocycles. The smallest absolute Gasteiger partial charge is 0.261 e. The van der Waals surface area contributed by atoms with E-state index in [1.165, 1.54) is 4.90 Å². The third kappa shape index (κ3) is 7.18. The predicted molar refractivity (Wildman–Crippen MR) is 124 cm³/mol. The number of carbonyl (C=O) groups is 2. The summed E-state index contributed by atoms with van der Waals surface area (Å²) in [6, 6.07) is 11.6. The van der Waals surface area contributed by atoms with Crippen molar-refractivity contribution in [2.75, 3.05) is 13.2 Å². The quantitative estimate of drug-likeness (QED) is 0.427. The number of carbonyl (C=O) groups excluding carboxylic acids is 2. The molecule has 0 saturated carbocycles. The molecule has 2 aromatic carbocycles. The molecular weight excluding hydrogens is 491 g/mol. The lowest BCUT2D eigenvalue weighted by molar-refractivity contribution is -0.142. The van der Waals surface area contributed by atoms with Crippen molar-refractivity contribution in [3.05, 3.63) is 62.5 Å². The Bertz CT molecular complexity index is 842. The van der Waals surface area contributed by atoms with Crippen molar-refractivity contribution < 1.29 is 14.3 Å². The Morgan fingerprint density at radius 1 is 1.13 bits per heavy atom. The van der Waals surface area contributed by atoms with Crippen LogP contribution in [0.4, 0.5) is 0 Å². The van der Waals surface area contributed by atoms with Gasteiger partial charge in [0.25, 0.3) is 5.91 Å². The lowest BCUT2D eigenvalue weighted by atomic mass is 10.1. The van der Waals surface area contributed by atoms with Crippen molar-refractivity contribution in [3.63, 3.8) is 0 Å². The van der Waals surface area contributed by atoms with Gasteiger partial charge in [0.15, 0.2) is 6.61 Å². The number of rotatable bonds is 10. The Balaban J connectivity index is 2.17. The predicted octanol–water partition coefficient (Wildman–Crippen LogP) is 5.47. The van der Waals surface area contributed by atoms with Crippen molar-refractivity contribution in [3.8, 4) is 5.75 Å². The molecule has 8 heteroatoms. The Morgan fingerprint density at radius 3 is 2.37 bits per heavy atom. The molecule has 1 N–H and O–H groups in total. The van der Waals surface area contributed by atoms with E-state index in [4.69, 9.17) is 27.9 Å². The molecule has 30 heavy (non-hydrogen) atoms. The normalized spacial score (nSPS) is 11.6. The fraction of sp³-hybridized carbons (Fsp3) is 0.364. The van der Waals surface area contributed by atoms with Gasteiger partial charge in [-0.3, -0.25) is 9.59 Å². The molecule has 0 bridgehead atoms. The van der Waals surface area contributed by atoms with E-state index < -0.39 is 6.04 Å². The van der Waals surface area contributed by atoms with Gasteiger partial charge in [-0.05, 0) is 49.7 Å². The monoisotopic (exact) mass is 514 g/mol. The highest BCUT2D eigenvalue weighted by Crippen LogP contribution is 2.26. The molecule has 0 radical (unpaired) electrons. The van der Waals surface area contributed by atoms with Crippen LogP contribution in [0.1, 0.15) is 32.3 Å². The van der Waals surface area contributed by atoms with Crippen LogP contribution in [-0.4, -0.2) is 35.9 Å². The van der Waals surface area contributed by atoms with Gasteiger partial charge in [-0.25, -0.2) is 0 Å². The molecule has 0 heterocycles. The van der Waals surface area contributed by atoms with Crippen LogP contribution in [0.5, 0.6) is 5.75 Å². The number of unbranched alkanes of at least 4 members (excludes halogenated alkanes) is 1. The molecule has 5 nitrogen and oxygen atoms in total. The van der Waals surface area contributed by atoms with Gasteiger partial charge in [-0.1, -0.05) is 58.5 Å². The molecule has 1 unspecified atom stereocenters. The summed E-state index contributed by atoms with van der Waals surface area (Å²) in [5.41, 5.74) is 0.589. The molecule has 0 saturated heterocycles. The zero-order chi connectivity index (χ0) is 22.1. The molecule has 0 aromatic heterocycles. The average Bonchev–Trinajstić information content (AvgIpc) is 2.72. The molecule has 2 aromatic rings. The summed E-state index contributed by atoms with van der Waals surface area (Å²) >= 11 is 15.9. The lowest BCUT2D eigenvalue weighted by Gasteiger charge is -2.29. The first-order chi connectivity index (χ1) is 14.3. The lowest BCUT2D eigenvalue weighted by Crippen LogP contribution is -2.49. The second-order valence-electron chi connectivity index (χ2n) is 6.79. The van der Waals surface area contributed by atoms with E-state index >= 15 is 0 Å². The summed E-state index contributed by atoms with van der Waals surface area (Å²) in [6.45, 7) is 4.18. The Morgan fingerprint density at radius 2 is 1.77 bits per heavy atom. The third-order valence-electron chi connectivity index (χ3n) is 4.56. The number of hydrogen-bond donors (Lipinski definition) is 1. The molecule has 0 spiro atoms. The maximum atomic E-state index is 13.0. The minimum atomic E-state index is -0.713. The van der Waals surface area contributed by atoms with Crippen LogP contribution < -0.4 is 10.1 Å². The highest BCUT2D eigenvalue weighted by atomic mass is 79.9. The van der Waals surface area contributed by atoms with Crippen molar-refractivity contribution in [2.24, 2.45) is 0 Å². The SMILES string of the molecule is CCCCNC(=O)C(C)N(Cc1c(Cl)cccc1Cl)C(=O)COc1ccc(Br)cc1. The average molecular weight is 516 g/mol. The highest BCUT2D eigenvalue weighted by Gasteiger charge is 2.27. The van der Waals surface area contributed by atoms with Gasteiger partial charge in [-0.15, -0.1) is 0 Å². The topological polar surface area (TPSA) is 58.6 Å². The van der Waals surface area contributed by atoms with Gasteiger partial charge in [0.1, 0.15) is 11.8 Å². The standard InChI is InChI=1S/C22H25BrCl2N2O3/c1-3-4-12-26-22(29)15(2)27(13-18-19(24)6-5-7-20(18)25)21(28)14-30-17-10-8-16(23)9-11-17/h5-11,15H,3-4,12-14H2,1-2H3,(H,26,29). The molecule has 162 valence electrons. The van der Waals surface area contributed by atoms with Crippen molar-refractivity contribution >= 4 is 50.9 Å². The first kappa shape index (κ1) is 24.5. The Labute approximate surface area is 195 Å². The second-order valence-corrected chi connectivity index (χ2v) is 8.52. The molecule has 2 amide bonds. The number of nitrogens with zero attached hydrogens (tertiary/aromatic N) is 1. The van der Waals surface area contributed by atoms with Crippen LogP contribution >= 0.6 is 39.1 Å². The second kappa shape index (κ2) is 12.2. The number of halogens is 3. The molecule has 0 aliphatic carbocycles. The van der Waals surface area contributed by atoms with Crippen LogP contribution in [-0.2, 0) is 16.1 Å². The summed E-state index contributed by atoms with van der Waals surface area (Å²) in [7, 11) is 0. The number of hydrogen-bond acceptors (Lipinski definition) is 3. The van der Waals surface area contributed by atoms with Crippen molar-refractivity contribution in [1.29, 1.82) is 0 Å². The van der Waals surface area contributed by atoms with Crippen LogP contribution in [0.3, 0.4) is 0 Å². The maximum absolute atomic E-state index is 13.0. The first-order valence-electron chi connectivity index (χ1n) is 9.72. The van der Waals surface area contributed by atoms with Crippen molar-refractivity contribution in [2.45, 2.75) is 39.3 Å². The van der Waals surface area contributed by atoms with E-state index in [2.05, 4.69) is 21.2 Å². The molecule has 2 rings (SSSR count). The zero-order valence-corrected chi connectivity index (χ0v) is 20.1. The summed E-state index contributed by atoms with van der Waals surface area (Å²) in [6.07, 6.45) is 1.84. The summed E-state index contributed by atoms with van der Waals surface area (Å²) in [5.74, 6) is -0.0157. The van der Waals surface area contributed by atoms with E-state index in [0.29, 0.717) is 27.9 Å². The van der Waals surface area contributed by atoms with Gasteiger partial charge in [0.05, 0.1) is 0 Å². The van der Waals surface area contributed by atoms with E-state index in [-0.39, 0.29) is 25.0 Å². The van der Waals surface area contributed by atoms with Crippen LogP contribution in [0.2, 0.25) is 10.0 Å². The minimum Gasteiger partial charge on any atom is -0.484 e. The van der Waals surface area contributed by atoms with Crippen LogP contribution in [0.25, 0.3) is 0 Å². The van der Waals surface area contributed by atoms with Gasteiger partial charge >= 0.3 is 0 Å². The van der Waals surface area contributed by atoms with E-state index in [0.717, 1.165) is 17.3 Å². The number of amides is 2. The van der Waals surface area contributed by atoms with Gasteiger partial charge in [0.2, 0.25) is 5.91 Å². The largest absolute Gasteiger partial charge is 0.484 e. The molecule has 0 fully saturated rings. The maximum Gasteiger partial charge on any atom is 0.261 e. The number of nitrogens with one attached hydrogen (secondary N) is 1. The summed E-state index contributed by atoms with van der Waals surface area (Å²) in [4.78, 5) is 27.1. The summed E-state index contributed by atoms with van der Waals surface area (Å²) < 4.78 is 6.53.